The molecule has 1 saturated heterocycles. The van der Waals surface area contributed by atoms with Gasteiger partial charge in [0.2, 0.25) is 5.88 Å². The van der Waals surface area contributed by atoms with E-state index in [9.17, 15) is 0 Å². The number of hydrogen-bond acceptors (Lipinski definition) is 6. The molecule has 1 aliphatic rings. The van der Waals surface area contributed by atoms with E-state index in [0.717, 1.165) is 48.5 Å². The topological polar surface area (TPSA) is 67.5 Å². The lowest BCUT2D eigenvalue weighted by Gasteiger charge is -2.40. The third kappa shape index (κ3) is 4.71. The summed E-state index contributed by atoms with van der Waals surface area (Å²) in [4.78, 5) is 13.7. The normalized spacial score (nSPS) is 14.2. The first kappa shape index (κ1) is 23.0. The van der Waals surface area contributed by atoms with Crippen molar-refractivity contribution in [1.29, 1.82) is 0 Å². The molecule has 6 nitrogen and oxygen atoms in total. The number of nitrogens with zero attached hydrogens (tertiary/aromatic N) is 4. The van der Waals surface area contributed by atoms with E-state index in [1.807, 2.05) is 30.3 Å². The van der Waals surface area contributed by atoms with E-state index >= 15 is 0 Å². The summed E-state index contributed by atoms with van der Waals surface area (Å²) < 4.78 is 6.22. The van der Waals surface area contributed by atoms with Gasteiger partial charge in [0.1, 0.15) is 17.8 Å². The Balaban J connectivity index is 1.22. The third-order valence-corrected chi connectivity index (χ3v) is 6.99. The predicted octanol–water partition coefficient (Wildman–Crippen LogP) is 5.92. The van der Waals surface area contributed by atoms with Crippen molar-refractivity contribution in [3.05, 3.63) is 121 Å². The van der Waals surface area contributed by atoms with Crippen LogP contribution < -0.4 is 15.4 Å². The number of rotatable bonds is 6. The number of hydrogen-bond donors (Lipinski definition) is 1. The molecule has 0 saturated carbocycles. The van der Waals surface area contributed by atoms with Crippen molar-refractivity contribution in [1.82, 2.24) is 14.9 Å². The second kappa shape index (κ2) is 10.3. The maximum atomic E-state index is 6.58. The van der Waals surface area contributed by atoms with E-state index in [0.29, 0.717) is 11.6 Å². The summed E-state index contributed by atoms with van der Waals surface area (Å²) in [6.07, 6.45) is 1.54. The van der Waals surface area contributed by atoms with Gasteiger partial charge in [-0.05, 0) is 22.6 Å². The van der Waals surface area contributed by atoms with Crippen molar-refractivity contribution >= 4 is 22.3 Å². The van der Waals surface area contributed by atoms with E-state index in [-0.39, 0.29) is 6.04 Å². The highest BCUT2D eigenvalue weighted by Gasteiger charge is 2.28. The smallest absolute Gasteiger partial charge is 0.248 e. The molecule has 6 rings (SSSR count). The molecule has 0 spiro atoms. The van der Waals surface area contributed by atoms with Crippen LogP contribution in [0.15, 0.2) is 109 Å². The number of piperazine rings is 1. The van der Waals surface area contributed by atoms with Crippen molar-refractivity contribution < 1.29 is 4.74 Å². The Labute approximate surface area is 217 Å². The molecule has 0 radical (unpaired) electrons. The van der Waals surface area contributed by atoms with Gasteiger partial charge in [0.25, 0.3) is 0 Å². The standard InChI is InChI=1S/C31H29N5O/c32-28-30(33-22-34-31(28)37-27-17-9-15-23-10-7-8-16-26(23)27)36-20-18-35(19-21-36)29(24-11-3-1-4-12-24)25-13-5-2-6-14-25/h1-17,22,29H,18-21,32H2. The third-order valence-electron chi connectivity index (χ3n) is 6.99. The quantitative estimate of drug-likeness (QED) is 0.321. The maximum absolute atomic E-state index is 6.58. The fourth-order valence-electron chi connectivity index (χ4n) is 5.17. The summed E-state index contributed by atoms with van der Waals surface area (Å²) in [5, 5.41) is 2.13. The Morgan fingerprint density at radius 1 is 0.676 bits per heavy atom. The number of anilines is 2. The molecule has 5 aromatic rings. The Kier molecular flexibility index (Phi) is 6.40. The molecule has 0 unspecified atom stereocenters. The second-order valence-electron chi connectivity index (χ2n) is 9.24. The van der Waals surface area contributed by atoms with Gasteiger partial charge in [-0.2, -0.15) is 4.98 Å². The Bertz CT molecular complexity index is 1440. The van der Waals surface area contributed by atoms with Crippen LogP contribution in [0.1, 0.15) is 17.2 Å². The number of fused-ring (bicyclic) bond motifs is 1. The van der Waals surface area contributed by atoms with E-state index in [1.54, 1.807) is 0 Å². The summed E-state index contributed by atoms with van der Waals surface area (Å²) in [5.74, 6) is 1.84. The van der Waals surface area contributed by atoms with Crippen LogP contribution in [0.5, 0.6) is 11.6 Å². The van der Waals surface area contributed by atoms with Crippen LogP contribution >= 0.6 is 0 Å². The number of ether oxygens (including phenoxy) is 1. The van der Waals surface area contributed by atoms with Crippen molar-refractivity contribution in [3.63, 3.8) is 0 Å². The molecule has 2 heterocycles. The van der Waals surface area contributed by atoms with Gasteiger partial charge in [0.15, 0.2) is 5.82 Å². The Morgan fingerprint density at radius 3 is 2.00 bits per heavy atom. The minimum absolute atomic E-state index is 0.206. The van der Waals surface area contributed by atoms with Crippen LogP contribution in [0.4, 0.5) is 11.5 Å². The molecular weight excluding hydrogens is 458 g/mol. The molecule has 1 aromatic heterocycles. The lowest BCUT2D eigenvalue weighted by atomic mass is 9.96. The minimum Gasteiger partial charge on any atom is -0.436 e. The van der Waals surface area contributed by atoms with E-state index in [1.165, 1.54) is 17.5 Å². The zero-order chi connectivity index (χ0) is 25.0. The van der Waals surface area contributed by atoms with Crippen LogP contribution in [-0.2, 0) is 0 Å². The van der Waals surface area contributed by atoms with E-state index < -0.39 is 0 Å². The lowest BCUT2D eigenvalue weighted by Crippen LogP contribution is -2.48. The summed E-state index contributed by atoms with van der Waals surface area (Å²) in [6, 6.07) is 35.7. The van der Waals surface area contributed by atoms with Crippen LogP contribution in [-0.4, -0.2) is 41.0 Å². The second-order valence-corrected chi connectivity index (χ2v) is 9.24. The number of benzene rings is 4. The highest BCUT2D eigenvalue weighted by atomic mass is 16.5. The van der Waals surface area contributed by atoms with Crippen LogP contribution in [0.3, 0.4) is 0 Å². The van der Waals surface area contributed by atoms with Crippen LogP contribution in [0.25, 0.3) is 10.8 Å². The molecule has 37 heavy (non-hydrogen) atoms. The van der Waals surface area contributed by atoms with Gasteiger partial charge < -0.3 is 15.4 Å². The average Bonchev–Trinajstić information content (AvgIpc) is 2.96. The fourth-order valence-corrected chi connectivity index (χ4v) is 5.17. The van der Waals surface area contributed by atoms with Gasteiger partial charge in [-0.1, -0.05) is 97.1 Å². The number of nitrogens with two attached hydrogens (primary N) is 1. The summed E-state index contributed by atoms with van der Waals surface area (Å²) in [5.41, 5.74) is 9.64. The van der Waals surface area contributed by atoms with Crippen LogP contribution in [0, 0.1) is 0 Å². The minimum atomic E-state index is 0.206. The van der Waals surface area contributed by atoms with Crippen molar-refractivity contribution in [2.75, 3.05) is 36.8 Å². The highest BCUT2D eigenvalue weighted by Crippen LogP contribution is 2.36. The Hall–Kier alpha value is -4.42. The van der Waals surface area contributed by atoms with Gasteiger partial charge in [-0.15, -0.1) is 0 Å². The average molecular weight is 488 g/mol. The molecule has 1 aliphatic heterocycles. The van der Waals surface area contributed by atoms with Gasteiger partial charge >= 0.3 is 0 Å². The molecule has 0 amide bonds. The SMILES string of the molecule is Nc1c(Oc2cccc3ccccc23)ncnc1N1CCN(C(c2ccccc2)c2ccccc2)CC1. The van der Waals surface area contributed by atoms with Crippen molar-refractivity contribution in [3.8, 4) is 11.6 Å². The van der Waals surface area contributed by atoms with Gasteiger partial charge in [-0.25, -0.2) is 4.98 Å². The molecular formula is C31H29N5O. The molecule has 1 fully saturated rings. The zero-order valence-electron chi connectivity index (χ0n) is 20.6. The molecule has 0 atom stereocenters. The maximum Gasteiger partial charge on any atom is 0.248 e. The van der Waals surface area contributed by atoms with Crippen molar-refractivity contribution in [2.24, 2.45) is 0 Å². The molecule has 0 bridgehead atoms. The first-order valence-electron chi connectivity index (χ1n) is 12.6. The van der Waals surface area contributed by atoms with Crippen LogP contribution in [0.2, 0.25) is 0 Å². The number of nitrogen functional groups attached to an aromatic ring is 1. The first-order chi connectivity index (χ1) is 18.3. The summed E-state index contributed by atoms with van der Waals surface area (Å²) in [7, 11) is 0. The highest BCUT2D eigenvalue weighted by molar-refractivity contribution is 5.88. The molecule has 6 heteroatoms. The zero-order valence-corrected chi connectivity index (χ0v) is 20.6. The molecule has 0 aliphatic carbocycles. The van der Waals surface area contributed by atoms with Gasteiger partial charge in [0.05, 0.1) is 6.04 Å². The number of aromatic nitrogens is 2. The summed E-state index contributed by atoms with van der Waals surface area (Å²) >= 11 is 0. The largest absolute Gasteiger partial charge is 0.436 e. The van der Waals surface area contributed by atoms with E-state index in [4.69, 9.17) is 10.5 Å². The fraction of sp³-hybridized carbons (Fsp3) is 0.161. The predicted molar refractivity (Wildman–Crippen MR) is 149 cm³/mol. The van der Waals surface area contributed by atoms with Gasteiger partial charge in [-0.3, -0.25) is 4.90 Å². The van der Waals surface area contributed by atoms with Gasteiger partial charge in [0, 0.05) is 31.6 Å². The van der Waals surface area contributed by atoms with Crippen molar-refractivity contribution in [2.45, 2.75) is 6.04 Å². The molecule has 2 N–H and O–H groups in total. The molecule has 4 aromatic carbocycles. The first-order valence-corrected chi connectivity index (χ1v) is 12.6. The Morgan fingerprint density at radius 2 is 1.30 bits per heavy atom. The monoisotopic (exact) mass is 487 g/mol. The lowest BCUT2D eigenvalue weighted by molar-refractivity contribution is 0.212. The van der Waals surface area contributed by atoms with E-state index in [2.05, 4.69) is 92.6 Å². The molecule has 184 valence electrons. The summed E-state index contributed by atoms with van der Waals surface area (Å²) in [6.45, 7) is 3.39.